The van der Waals surface area contributed by atoms with E-state index in [1.165, 1.54) is 17.0 Å². The molecule has 1 aromatic carbocycles. The van der Waals surface area contributed by atoms with Crippen LogP contribution in [-0.2, 0) is 6.54 Å². The van der Waals surface area contributed by atoms with Crippen molar-refractivity contribution in [2.75, 3.05) is 16.8 Å². The molecule has 3 aromatic rings. The van der Waals surface area contributed by atoms with Crippen LogP contribution in [0.2, 0.25) is 0 Å². The third kappa shape index (κ3) is 4.95. The fourth-order valence-corrected chi connectivity index (χ4v) is 5.75. The molecule has 1 N–H and O–H groups in total. The van der Waals surface area contributed by atoms with Gasteiger partial charge in [0.05, 0.1) is 11.7 Å². The van der Waals surface area contributed by atoms with Crippen molar-refractivity contribution in [3.63, 3.8) is 0 Å². The van der Waals surface area contributed by atoms with Crippen molar-refractivity contribution in [2.45, 2.75) is 57.0 Å². The number of carbonyl (C=O) groups is 1. The highest BCUT2D eigenvalue weighted by molar-refractivity contribution is 7.14. The van der Waals surface area contributed by atoms with Crippen LogP contribution in [0.25, 0.3) is 0 Å². The first-order chi connectivity index (χ1) is 16.0. The maximum absolute atomic E-state index is 13.5. The molecule has 0 bridgehead atoms. The molecule has 1 saturated carbocycles. The molecule has 33 heavy (non-hydrogen) atoms. The van der Waals surface area contributed by atoms with Gasteiger partial charge in [0.2, 0.25) is 5.92 Å². The summed E-state index contributed by atoms with van der Waals surface area (Å²) in [5, 5.41) is 5.56. The summed E-state index contributed by atoms with van der Waals surface area (Å²) < 4.78 is 28.8. The number of carbonyl (C=O) groups excluding carboxylic acids is 1. The number of rotatable bonds is 6. The van der Waals surface area contributed by atoms with Crippen molar-refractivity contribution in [1.29, 1.82) is 0 Å². The lowest BCUT2D eigenvalue weighted by Crippen LogP contribution is -2.27. The topological polar surface area (TPSA) is 50.2 Å². The Labute approximate surface area is 196 Å². The smallest absolute Gasteiger partial charge is 0.274 e. The molecular formula is C25H28F2N4OS. The summed E-state index contributed by atoms with van der Waals surface area (Å²) in [5.74, 6) is -2.58. The summed E-state index contributed by atoms with van der Waals surface area (Å²) in [6.07, 6.45) is 4.84. The van der Waals surface area contributed by atoms with E-state index in [1.54, 1.807) is 6.07 Å². The summed E-state index contributed by atoms with van der Waals surface area (Å²) in [5.41, 5.74) is 2.71. The summed E-state index contributed by atoms with van der Waals surface area (Å²) in [6.45, 7) is 1.58. The minimum atomic E-state index is -2.54. The van der Waals surface area contributed by atoms with Crippen LogP contribution < -0.4 is 10.2 Å². The molecule has 174 valence electrons. The van der Waals surface area contributed by atoms with Gasteiger partial charge in [-0.25, -0.2) is 13.8 Å². The fraction of sp³-hybridized carbons (Fsp3) is 0.440. The Morgan fingerprint density at radius 3 is 2.70 bits per heavy atom. The van der Waals surface area contributed by atoms with Gasteiger partial charge in [0.1, 0.15) is 5.69 Å². The molecule has 5 rings (SSSR count). The maximum atomic E-state index is 13.5. The number of hydrogen-bond acceptors (Lipinski definition) is 4. The van der Waals surface area contributed by atoms with E-state index in [9.17, 15) is 13.6 Å². The number of amides is 1. The standard InChI is InChI=1S/C25H28F2N4OS/c26-25(27)12-10-18(11-13-25)16-30-14-4-9-22(30)23(32)29-24-28-20(17-33-24)21-8-5-15-31(21)19-6-2-1-3-7-19/h1-4,6-7,9,14,17-18,21H,5,8,10-13,15-16H2,(H,28,29,32). The molecule has 2 fully saturated rings. The van der Waals surface area contributed by atoms with Gasteiger partial charge in [-0.15, -0.1) is 11.3 Å². The normalized spacial score (nSPS) is 20.8. The summed E-state index contributed by atoms with van der Waals surface area (Å²) >= 11 is 1.44. The van der Waals surface area contributed by atoms with E-state index in [1.807, 2.05) is 40.4 Å². The van der Waals surface area contributed by atoms with E-state index in [0.29, 0.717) is 30.2 Å². The number of thiazole rings is 1. The first kappa shape index (κ1) is 22.1. The van der Waals surface area contributed by atoms with Crippen LogP contribution in [0.1, 0.15) is 60.7 Å². The molecule has 1 saturated heterocycles. The second kappa shape index (κ2) is 9.25. The number of anilines is 2. The zero-order valence-corrected chi connectivity index (χ0v) is 19.2. The van der Waals surface area contributed by atoms with Crippen molar-refractivity contribution < 1.29 is 13.6 Å². The third-order valence-electron chi connectivity index (χ3n) is 6.78. The van der Waals surface area contributed by atoms with Crippen molar-refractivity contribution in [3.8, 4) is 0 Å². The van der Waals surface area contributed by atoms with Gasteiger partial charge in [0.15, 0.2) is 5.13 Å². The molecule has 1 aliphatic heterocycles. The lowest BCUT2D eigenvalue weighted by Gasteiger charge is -2.28. The summed E-state index contributed by atoms with van der Waals surface area (Å²) in [4.78, 5) is 20.1. The number of alkyl halides is 2. The molecule has 1 aliphatic carbocycles. The number of nitrogens with one attached hydrogen (secondary N) is 1. The molecule has 5 nitrogen and oxygen atoms in total. The minimum Gasteiger partial charge on any atom is -0.363 e. The summed E-state index contributed by atoms with van der Waals surface area (Å²) in [6, 6.07) is 14.2. The van der Waals surface area contributed by atoms with Gasteiger partial charge in [-0.1, -0.05) is 18.2 Å². The largest absolute Gasteiger partial charge is 0.363 e. The van der Waals surface area contributed by atoms with Gasteiger partial charge in [0.25, 0.3) is 5.91 Å². The summed E-state index contributed by atoms with van der Waals surface area (Å²) in [7, 11) is 0. The average Bonchev–Trinajstić information content (AvgIpc) is 3.56. The predicted octanol–water partition coefficient (Wildman–Crippen LogP) is 6.36. The van der Waals surface area contributed by atoms with Gasteiger partial charge in [-0.3, -0.25) is 10.1 Å². The van der Waals surface area contributed by atoms with Crippen LogP contribution in [0, 0.1) is 5.92 Å². The van der Waals surface area contributed by atoms with Gasteiger partial charge in [-0.05, 0) is 55.9 Å². The van der Waals surface area contributed by atoms with Crippen molar-refractivity contribution in [1.82, 2.24) is 9.55 Å². The molecule has 3 heterocycles. The number of nitrogens with zero attached hydrogens (tertiary/aromatic N) is 3. The Balaban J connectivity index is 1.24. The number of hydrogen-bond donors (Lipinski definition) is 1. The zero-order valence-electron chi connectivity index (χ0n) is 18.4. The highest BCUT2D eigenvalue weighted by atomic mass is 32.1. The Hall–Kier alpha value is -2.74. The van der Waals surface area contributed by atoms with Crippen molar-refractivity contribution >= 4 is 28.1 Å². The highest BCUT2D eigenvalue weighted by Crippen LogP contribution is 2.38. The molecule has 1 atom stereocenters. The van der Waals surface area contributed by atoms with Gasteiger partial charge >= 0.3 is 0 Å². The van der Waals surface area contributed by atoms with Crippen LogP contribution in [-0.4, -0.2) is 27.9 Å². The van der Waals surface area contributed by atoms with Crippen LogP contribution in [0.4, 0.5) is 19.6 Å². The number of halogens is 2. The van der Waals surface area contributed by atoms with Crippen LogP contribution in [0.15, 0.2) is 54.0 Å². The van der Waals surface area contributed by atoms with E-state index in [0.717, 1.165) is 25.1 Å². The molecule has 2 aliphatic rings. The first-order valence-electron chi connectivity index (χ1n) is 11.6. The van der Waals surface area contributed by atoms with E-state index in [-0.39, 0.29) is 30.7 Å². The molecular weight excluding hydrogens is 442 g/mol. The van der Waals surface area contributed by atoms with Gasteiger partial charge in [-0.2, -0.15) is 0 Å². The zero-order chi connectivity index (χ0) is 22.8. The second-order valence-electron chi connectivity index (χ2n) is 9.06. The van der Waals surface area contributed by atoms with Gasteiger partial charge in [0, 0.05) is 43.2 Å². The Morgan fingerprint density at radius 2 is 1.91 bits per heavy atom. The molecule has 1 amide bonds. The Morgan fingerprint density at radius 1 is 1.12 bits per heavy atom. The molecule has 2 aromatic heterocycles. The second-order valence-corrected chi connectivity index (χ2v) is 9.92. The number of benzene rings is 1. The third-order valence-corrected chi connectivity index (χ3v) is 7.55. The first-order valence-corrected chi connectivity index (χ1v) is 12.5. The monoisotopic (exact) mass is 470 g/mol. The molecule has 1 unspecified atom stereocenters. The van der Waals surface area contributed by atoms with Crippen molar-refractivity contribution in [2.24, 2.45) is 5.92 Å². The molecule has 8 heteroatoms. The lowest BCUT2D eigenvalue weighted by molar-refractivity contribution is -0.0473. The quantitative estimate of drug-likeness (QED) is 0.456. The number of aromatic nitrogens is 2. The van der Waals surface area contributed by atoms with E-state index in [4.69, 9.17) is 4.98 Å². The SMILES string of the molecule is O=C(Nc1nc(C2CCCN2c2ccccc2)cs1)c1cccn1CC1CCC(F)(F)CC1. The Kier molecular flexibility index (Phi) is 6.19. The number of para-hydroxylation sites is 1. The Bertz CT molecular complexity index is 1090. The highest BCUT2D eigenvalue weighted by Gasteiger charge is 2.35. The van der Waals surface area contributed by atoms with E-state index < -0.39 is 5.92 Å². The molecule has 0 radical (unpaired) electrons. The fourth-order valence-electron chi connectivity index (χ4n) is 5.00. The lowest BCUT2D eigenvalue weighted by atomic mass is 9.87. The molecule has 0 spiro atoms. The van der Waals surface area contributed by atoms with Gasteiger partial charge < -0.3 is 9.47 Å². The van der Waals surface area contributed by atoms with Crippen LogP contribution >= 0.6 is 11.3 Å². The predicted molar refractivity (Wildman–Crippen MR) is 127 cm³/mol. The van der Waals surface area contributed by atoms with Crippen LogP contribution in [0.5, 0.6) is 0 Å². The minimum absolute atomic E-state index is 0.0659. The van der Waals surface area contributed by atoms with Crippen LogP contribution in [0.3, 0.4) is 0 Å². The average molecular weight is 471 g/mol. The van der Waals surface area contributed by atoms with E-state index >= 15 is 0 Å². The van der Waals surface area contributed by atoms with E-state index in [2.05, 4.69) is 22.3 Å². The maximum Gasteiger partial charge on any atom is 0.274 e. The van der Waals surface area contributed by atoms with Crippen molar-refractivity contribution in [3.05, 3.63) is 65.4 Å².